The first-order chi connectivity index (χ1) is 12.4. The highest BCUT2D eigenvalue weighted by Crippen LogP contribution is 2.23. The van der Waals surface area contributed by atoms with E-state index in [1.54, 1.807) is 59.7 Å². The molecular weight excluding hydrogens is 484 g/mol. The van der Waals surface area contributed by atoms with Gasteiger partial charge in [-0.05, 0) is 80.4 Å². The number of halogens is 2. The summed E-state index contributed by atoms with van der Waals surface area (Å²) in [6.45, 7) is 0.543. The third-order valence-corrected chi connectivity index (χ3v) is 5.59. The summed E-state index contributed by atoms with van der Waals surface area (Å²) in [6, 6.07) is 14.0. The minimum Gasteiger partial charge on any atom is -0.444 e. The first-order valence-electron chi connectivity index (χ1n) is 7.59. The predicted octanol–water partition coefficient (Wildman–Crippen LogP) is 5.39. The largest absolute Gasteiger partial charge is 0.444 e. The minimum absolute atomic E-state index is 0.0811. The van der Waals surface area contributed by atoms with Gasteiger partial charge in [0.1, 0.15) is 0 Å². The van der Waals surface area contributed by atoms with Crippen LogP contribution in [0.15, 0.2) is 61.4 Å². The van der Waals surface area contributed by atoms with E-state index in [0.29, 0.717) is 22.5 Å². The van der Waals surface area contributed by atoms with Gasteiger partial charge in [0, 0.05) is 23.2 Å². The first kappa shape index (κ1) is 18.9. The molecule has 0 atom stereocenters. The van der Waals surface area contributed by atoms with Crippen molar-refractivity contribution in [1.29, 1.82) is 0 Å². The van der Waals surface area contributed by atoms with Gasteiger partial charge in [0.25, 0.3) is 11.8 Å². The lowest BCUT2D eigenvalue weighted by molar-refractivity contribution is 0.0786. The molecule has 0 fully saturated rings. The molecular formula is C18H14Br2N2O3S. The average molecular weight is 498 g/mol. The number of hydrogen-bond donors (Lipinski definition) is 1. The molecule has 3 aromatic rings. The Morgan fingerprint density at radius 1 is 1.08 bits per heavy atom. The fraction of sp³-hybridized carbons (Fsp3) is 0.111. The molecule has 3 rings (SSSR count). The lowest BCUT2D eigenvalue weighted by Gasteiger charge is -2.16. The Balaban J connectivity index is 1.62. The second kappa shape index (κ2) is 8.20. The van der Waals surface area contributed by atoms with Crippen LogP contribution in [0.2, 0.25) is 0 Å². The van der Waals surface area contributed by atoms with E-state index in [2.05, 4.69) is 37.2 Å². The van der Waals surface area contributed by atoms with Crippen LogP contribution < -0.4 is 5.32 Å². The number of hydrogen-bond acceptors (Lipinski definition) is 4. The maximum absolute atomic E-state index is 12.5. The van der Waals surface area contributed by atoms with Crippen LogP contribution in [-0.2, 0) is 6.54 Å². The second-order valence-electron chi connectivity index (χ2n) is 5.50. The molecule has 0 aliphatic rings. The minimum atomic E-state index is -0.352. The van der Waals surface area contributed by atoms with Crippen molar-refractivity contribution >= 4 is 60.7 Å². The standard InChI is InChI=1S/C18H14Br2N2O3S/c1-22(10-13-6-9-16(20)26-13)18(24)11-2-4-12(5-3-11)21-17(23)14-7-8-15(19)25-14/h2-9H,10H2,1H3,(H,21,23). The number of nitrogens with one attached hydrogen (secondary N) is 1. The van der Waals surface area contributed by atoms with Crippen molar-refractivity contribution in [2.75, 3.05) is 12.4 Å². The molecule has 134 valence electrons. The Labute approximate surface area is 171 Å². The summed E-state index contributed by atoms with van der Waals surface area (Å²) in [7, 11) is 1.76. The topological polar surface area (TPSA) is 62.6 Å². The van der Waals surface area contributed by atoms with E-state index in [-0.39, 0.29) is 17.6 Å². The van der Waals surface area contributed by atoms with E-state index in [4.69, 9.17) is 4.42 Å². The molecule has 5 nitrogen and oxygen atoms in total. The summed E-state index contributed by atoms with van der Waals surface area (Å²) in [5.41, 5.74) is 1.14. The average Bonchev–Trinajstić information content (AvgIpc) is 3.23. The molecule has 0 aliphatic heterocycles. The van der Waals surface area contributed by atoms with E-state index >= 15 is 0 Å². The van der Waals surface area contributed by atoms with Gasteiger partial charge in [-0.3, -0.25) is 9.59 Å². The SMILES string of the molecule is CN(Cc1ccc(Br)s1)C(=O)c1ccc(NC(=O)c2ccc(Br)o2)cc1. The smallest absolute Gasteiger partial charge is 0.291 e. The highest BCUT2D eigenvalue weighted by molar-refractivity contribution is 9.11. The molecule has 1 aromatic carbocycles. The van der Waals surface area contributed by atoms with Crippen molar-refractivity contribution < 1.29 is 14.0 Å². The number of rotatable bonds is 5. The van der Waals surface area contributed by atoms with Crippen molar-refractivity contribution in [2.24, 2.45) is 0 Å². The van der Waals surface area contributed by atoms with Crippen molar-refractivity contribution in [3.8, 4) is 0 Å². The van der Waals surface area contributed by atoms with Crippen LogP contribution in [0.25, 0.3) is 0 Å². The van der Waals surface area contributed by atoms with Gasteiger partial charge in [-0.2, -0.15) is 0 Å². The maximum atomic E-state index is 12.5. The molecule has 0 spiro atoms. The van der Waals surface area contributed by atoms with Gasteiger partial charge in [-0.15, -0.1) is 11.3 Å². The summed E-state index contributed by atoms with van der Waals surface area (Å²) < 4.78 is 6.74. The molecule has 8 heteroatoms. The molecule has 26 heavy (non-hydrogen) atoms. The van der Waals surface area contributed by atoms with Crippen molar-refractivity contribution in [3.05, 3.63) is 73.2 Å². The number of amides is 2. The zero-order chi connectivity index (χ0) is 18.7. The highest BCUT2D eigenvalue weighted by atomic mass is 79.9. The number of carbonyl (C=O) groups is 2. The monoisotopic (exact) mass is 496 g/mol. The lowest BCUT2D eigenvalue weighted by Crippen LogP contribution is -2.25. The number of anilines is 1. The molecule has 2 amide bonds. The molecule has 0 radical (unpaired) electrons. The van der Waals surface area contributed by atoms with Crippen LogP contribution in [0, 0.1) is 0 Å². The van der Waals surface area contributed by atoms with Gasteiger partial charge < -0.3 is 14.6 Å². The van der Waals surface area contributed by atoms with E-state index in [9.17, 15) is 9.59 Å². The van der Waals surface area contributed by atoms with Crippen LogP contribution in [0.4, 0.5) is 5.69 Å². The Morgan fingerprint density at radius 2 is 1.81 bits per heavy atom. The van der Waals surface area contributed by atoms with Gasteiger partial charge in [0.05, 0.1) is 10.3 Å². The van der Waals surface area contributed by atoms with Gasteiger partial charge in [-0.25, -0.2) is 0 Å². The number of nitrogens with zero attached hydrogens (tertiary/aromatic N) is 1. The summed E-state index contributed by atoms with van der Waals surface area (Å²) in [5, 5.41) is 2.73. The van der Waals surface area contributed by atoms with E-state index < -0.39 is 0 Å². The van der Waals surface area contributed by atoms with E-state index in [1.165, 1.54) is 0 Å². The zero-order valence-electron chi connectivity index (χ0n) is 13.7. The number of furan rings is 1. The third kappa shape index (κ3) is 4.63. The predicted molar refractivity (Wildman–Crippen MR) is 109 cm³/mol. The van der Waals surface area contributed by atoms with Crippen LogP contribution in [-0.4, -0.2) is 23.8 Å². The summed E-state index contributed by atoms with van der Waals surface area (Å²) >= 11 is 8.18. The number of benzene rings is 1. The third-order valence-electron chi connectivity index (χ3n) is 3.56. The molecule has 0 saturated carbocycles. The van der Waals surface area contributed by atoms with Crippen LogP contribution in [0.3, 0.4) is 0 Å². The lowest BCUT2D eigenvalue weighted by atomic mass is 10.2. The molecule has 0 unspecified atom stereocenters. The fourth-order valence-electron chi connectivity index (χ4n) is 2.29. The Morgan fingerprint density at radius 3 is 2.38 bits per heavy atom. The van der Waals surface area contributed by atoms with Crippen LogP contribution in [0.5, 0.6) is 0 Å². The first-order valence-corrected chi connectivity index (χ1v) is 9.99. The number of carbonyl (C=O) groups excluding carboxylic acids is 2. The Kier molecular flexibility index (Phi) is 5.95. The molecule has 0 bridgehead atoms. The molecule has 2 heterocycles. The molecule has 2 aromatic heterocycles. The molecule has 1 N–H and O–H groups in total. The van der Waals surface area contributed by atoms with E-state index in [0.717, 1.165) is 8.66 Å². The summed E-state index contributed by atoms with van der Waals surface area (Å²) in [5.74, 6) is -0.226. The van der Waals surface area contributed by atoms with Crippen molar-refractivity contribution in [3.63, 3.8) is 0 Å². The van der Waals surface area contributed by atoms with E-state index in [1.807, 2.05) is 12.1 Å². The Hall–Kier alpha value is -1.90. The summed E-state index contributed by atoms with van der Waals surface area (Å²) in [6.07, 6.45) is 0. The van der Waals surface area contributed by atoms with Crippen molar-refractivity contribution in [1.82, 2.24) is 4.90 Å². The maximum Gasteiger partial charge on any atom is 0.291 e. The Bertz CT molecular complexity index is 934. The normalized spacial score (nSPS) is 10.6. The summed E-state index contributed by atoms with van der Waals surface area (Å²) in [4.78, 5) is 27.3. The van der Waals surface area contributed by atoms with Gasteiger partial charge in [0.2, 0.25) is 0 Å². The second-order valence-corrected chi connectivity index (χ2v) is 8.83. The van der Waals surface area contributed by atoms with Crippen LogP contribution >= 0.6 is 43.2 Å². The molecule has 0 saturated heterocycles. The molecule has 0 aliphatic carbocycles. The zero-order valence-corrected chi connectivity index (χ0v) is 17.7. The fourth-order valence-corrected chi connectivity index (χ4v) is 4.13. The number of thiophene rings is 1. The highest BCUT2D eigenvalue weighted by Gasteiger charge is 2.14. The van der Waals surface area contributed by atoms with Gasteiger partial charge in [-0.1, -0.05) is 0 Å². The van der Waals surface area contributed by atoms with Crippen LogP contribution in [0.1, 0.15) is 25.8 Å². The van der Waals surface area contributed by atoms with Crippen molar-refractivity contribution in [2.45, 2.75) is 6.54 Å². The van der Waals surface area contributed by atoms with Gasteiger partial charge >= 0.3 is 0 Å². The quantitative estimate of drug-likeness (QED) is 0.514. The van der Waals surface area contributed by atoms with Gasteiger partial charge in [0.15, 0.2) is 10.4 Å².